The average Bonchev–Trinajstić information content (AvgIpc) is 2.53. The standard InChI is InChI=1S/C18H14O2/c1-5-13-7-10-18(20-4)17(11-13)16-9-8-15(19-3)12-14(16)6-2/h1-2,7-12H,3-4H3. The third kappa shape index (κ3) is 2.46. The lowest BCUT2D eigenvalue weighted by Gasteiger charge is -2.12. The summed E-state index contributed by atoms with van der Waals surface area (Å²) in [4.78, 5) is 0. The highest BCUT2D eigenvalue weighted by atomic mass is 16.5. The number of hydrogen-bond donors (Lipinski definition) is 0. The van der Waals surface area contributed by atoms with Gasteiger partial charge in [-0.05, 0) is 36.4 Å². The summed E-state index contributed by atoms with van der Waals surface area (Å²) >= 11 is 0. The van der Waals surface area contributed by atoms with Crippen LogP contribution < -0.4 is 9.47 Å². The topological polar surface area (TPSA) is 18.5 Å². The van der Waals surface area contributed by atoms with Crippen molar-refractivity contribution in [2.45, 2.75) is 0 Å². The smallest absolute Gasteiger partial charge is 0.126 e. The lowest BCUT2D eigenvalue weighted by molar-refractivity contribution is 0.414. The van der Waals surface area contributed by atoms with E-state index in [9.17, 15) is 0 Å². The molecule has 20 heavy (non-hydrogen) atoms. The minimum absolute atomic E-state index is 0.716. The van der Waals surface area contributed by atoms with Crippen molar-refractivity contribution < 1.29 is 9.47 Å². The van der Waals surface area contributed by atoms with Crippen molar-refractivity contribution in [2.24, 2.45) is 0 Å². The summed E-state index contributed by atoms with van der Waals surface area (Å²) in [7, 11) is 3.22. The molecule has 0 heterocycles. The summed E-state index contributed by atoms with van der Waals surface area (Å²) in [6, 6.07) is 11.2. The van der Waals surface area contributed by atoms with Gasteiger partial charge in [-0.15, -0.1) is 12.8 Å². The Bertz CT molecular complexity index is 715. The first kappa shape index (κ1) is 13.6. The minimum atomic E-state index is 0.716. The van der Waals surface area contributed by atoms with Gasteiger partial charge in [0, 0.05) is 22.3 Å². The highest BCUT2D eigenvalue weighted by molar-refractivity contribution is 5.78. The Balaban J connectivity index is 2.68. The van der Waals surface area contributed by atoms with Crippen LogP contribution in [0.1, 0.15) is 11.1 Å². The van der Waals surface area contributed by atoms with E-state index in [4.69, 9.17) is 22.3 Å². The molecule has 0 atom stereocenters. The van der Waals surface area contributed by atoms with Crippen LogP contribution in [0.4, 0.5) is 0 Å². The van der Waals surface area contributed by atoms with Gasteiger partial charge < -0.3 is 9.47 Å². The lowest BCUT2D eigenvalue weighted by Crippen LogP contribution is -1.93. The molecule has 0 radical (unpaired) electrons. The quantitative estimate of drug-likeness (QED) is 0.790. The van der Waals surface area contributed by atoms with Crippen molar-refractivity contribution in [3.05, 3.63) is 47.5 Å². The molecule has 0 unspecified atom stereocenters. The molecule has 0 aliphatic carbocycles. The van der Waals surface area contributed by atoms with Crippen molar-refractivity contribution in [2.75, 3.05) is 14.2 Å². The molecule has 0 aliphatic rings. The largest absolute Gasteiger partial charge is 0.497 e. The van der Waals surface area contributed by atoms with Crippen LogP contribution in [0.5, 0.6) is 11.5 Å². The van der Waals surface area contributed by atoms with Crippen molar-refractivity contribution >= 4 is 0 Å². The highest BCUT2D eigenvalue weighted by Gasteiger charge is 2.11. The second kappa shape index (κ2) is 5.87. The molecule has 0 aliphatic heterocycles. The summed E-state index contributed by atoms with van der Waals surface area (Å²) in [5.41, 5.74) is 3.28. The molecular formula is C18H14O2. The van der Waals surface area contributed by atoms with E-state index in [-0.39, 0.29) is 0 Å². The van der Waals surface area contributed by atoms with Crippen molar-refractivity contribution in [1.29, 1.82) is 0 Å². The second-order valence-corrected chi connectivity index (χ2v) is 4.12. The molecule has 2 heteroatoms. The maximum Gasteiger partial charge on any atom is 0.126 e. The lowest BCUT2D eigenvalue weighted by atomic mass is 9.97. The number of ether oxygens (including phenoxy) is 2. The zero-order chi connectivity index (χ0) is 14.5. The van der Waals surface area contributed by atoms with Gasteiger partial charge >= 0.3 is 0 Å². The van der Waals surface area contributed by atoms with Gasteiger partial charge in [-0.25, -0.2) is 0 Å². The molecule has 2 nitrogen and oxygen atoms in total. The van der Waals surface area contributed by atoms with Crippen LogP contribution in [0.2, 0.25) is 0 Å². The van der Waals surface area contributed by atoms with Gasteiger partial charge in [0.15, 0.2) is 0 Å². The molecule has 0 amide bonds. The predicted molar refractivity (Wildman–Crippen MR) is 80.9 cm³/mol. The zero-order valence-corrected chi connectivity index (χ0v) is 11.4. The van der Waals surface area contributed by atoms with E-state index in [0.717, 1.165) is 28.0 Å². The van der Waals surface area contributed by atoms with E-state index in [1.54, 1.807) is 14.2 Å². The van der Waals surface area contributed by atoms with Crippen LogP contribution in [0, 0.1) is 24.7 Å². The molecule has 0 saturated heterocycles. The number of benzene rings is 2. The first-order valence-electron chi connectivity index (χ1n) is 6.03. The van der Waals surface area contributed by atoms with Gasteiger partial charge in [-0.2, -0.15) is 0 Å². The number of hydrogen-bond acceptors (Lipinski definition) is 2. The molecular weight excluding hydrogens is 248 g/mol. The van der Waals surface area contributed by atoms with E-state index >= 15 is 0 Å². The molecule has 0 fully saturated rings. The molecule has 0 saturated carbocycles. The number of methoxy groups -OCH3 is 2. The fourth-order valence-electron chi connectivity index (χ4n) is 2.01. The Kier molecular flexibility index (Phi) is 3.99. The summed E-state index contributed by atoms with van der Waals surface area (Å²) in [6.07, 6.45) is 11.0. The molecule has 2 rings (SSSR count). The third-order valence-corrected chi connectivity index (χ3v) is 3.04. The number of terminal acetylenes is 2. The van der Waals surface area contributed by atoms with Crippen molar-refractivity contribution in [3.8, 4) is 47.3 Å². The Morgan fingerprint density at radius 1 is 0.850 bits per heavy atom. The summed E-state index contributed by atoms with van der Waals surface area (Å²) in [5.74, 6) is 6.73. The van der Waals surface area contributed by atoms with Gasteiger partial charge in [0.1, 0.15) is 11.5 Å². The van der Waals surface area contributed by atoms with Crippen molar-refractivity contribution in [1.82, 2.24) is 0 Å². The van der Waals surface area contributed by atoms with E-state index in [2.05, 4.69) is 11.8 Å². The second-order valence-electron chi connectivity index (χ2n) is 4.12. The Hall–Kier alpha value is -2.84. The fourth-order valence-corrected chi connectivity index (χ4v) is 2.01. The molecule has 0 bridgehead atoms. The van der Waals surface area contributed by atoms with Gasteiger partial charge in [0.2, 0.25) is 0 Å². The Morgan fingerprint density at radius 3 is 2.25 bits per heavy atom. The molecule has 2 aromatic carbocycles. The van der Waals surface area contributed by atoms with Gasteiger partial charge in [0.25, 0.3) is 0 Å². The Morgan fingerprint density at radius 2 is 1.65 bits per heavy atom. The molecule has 98 valence electrons. The number of rotatable bonds is 3. The van der Waals surface area contributed by atoms with E-state index < -0.39 is 0 Å². The van der Waals surface area contributed by atoms with Gasteiger partial charge in [0.05, 0.1) is 14.2 Å². The maximum atomic E-state index is 5.59. The van der Waals surface area contributed by atoms with E-state index in [0.29, 0.717) is 5.75 Å². The zero-order valence-electron chi connectivity index (χ0n) is 11.4. The summed E-state index contributed by atoms with van der Waals surface area (Å²) in [5, 5.41) is 0. The van der Waals surface area contributed by atoms with E-state index in [1.807, 2.05) is 36.4 Å². The molecule has 0 aromatic heterocycles. The fraction of sp³-hybridized carbons (Fsp3) is 0.111. The normalized spacial score (nSPS) is 9.40. The highest BCUT2D eigenvalue weighted by Crippen LogP contribution is 2.34. The Labute approximate surface area is 119 Å². The van der Waals surface area contributed by atoms with E-state index in [1.165, 1.54) is 0 Å². The minimum Gasteiger partial charge on any atom is -0.497 e. The van der Waals surface area contributed by atoms with Crippen LogP contribution >= 0.6 is 0 Å². The molecule has 2 aromatic rings. The van der Waals surface area contributed by atoms with Crippen LogP contribution in [-0.2, 0) is 0 Å². The summed E-state index contributed by atoms with van der Waals surface area (Å²) < 4.78 is 10.6. The van der Waals surface area contributed by atoms with Crippen LogP contribution in [0.3, 0.4) is 0 Å². The third-order valence-electron chi connectivity index (χ3n) is 3.04. The summed E-state index contributed by atoms with van der Waals surface area (Å²) in [6.45, 7) is 0. The average molecular weight is 262 g/mol. The van der Waals surface area contributed by atoms with Crippen LogP contribution in [0.15, 0.2) is 36.4 Å². The first-order valence-corrected chi connectivity index (χ1v) is 6.03. The van der Waals surface area contributed by atoms with Crippen LogP contribution in [-0.4, -0.2) is 14.2 Å². The SMILES string of the molecule is C#Cc1ccc(OC)c(-c2ccc(OC)cc2C#C)c1. The molecule has 0 N–H and O–H groups in total. The first-order chi connectivity index (χ1) is 9.73. The molecule has 0 spiro atoms. The van der Waals surface area contributed by atoms with Crippen molar-refractivity contribution in [3.63, 3.8) is 0 Å². The van der Waals surface area contributed by atoms with Gasteiger partial charge in [-0.3, -0.25) is 0 Å². The maximum absolute atomic E-state index is 5.59. The monoisotopic (exact) mass is 262 g/mol. The van der Waals surface area contributed by atoms with Gasteiger partial charge in [-0.1, -0.05) is 11.8 Å². The predicted octanol–water partition coefficient (Wildman–Crippen LogP) is 3.33. The van der Waals surface area contributed by atoms with Crippen LogP contribution in [0.25, 0.3) is 11.1 Å².